The quantitative estimate of drug-likeness (QED) is 0.492. The van der Waals surface area contributed by atoms with E-state index in [1.54, 1.807) is 44.2 Å². The Morgan fingerprint density at radius 1 is 1.27 bits per heavy atom. The van der Waals surface area contributed by atoms with Crippen molar-refractivity contribution in [2.75, 3.05) is 18.1 Å². The number of nitrogens with zero attached hydrogens (tertiary/aromatic N) is 1. The number of benzene rings is 1. The van der Waals surface area contributed by atoms with E-state index in [1.807, 2.05) is 0 Å². The van der Waals surface area contributed by atoms with Gasteiger partial charge in [0.05, 0.1) is 41.9 Å². The monoisotopic (exact) mass is 357 g/mol. The number of rotatable bonds is 4. The highest BCUT2D eigenvalue weighted by molar-refractivity contribution is 6.23. The highest BCUT2D eigenvalue weighted by Gasteiger charge is 2.72. The number of fused-ring (bicyclic) bond motifs is 5. The lowest BCUT2D eigenvalue weighted by Gasteiger charge is -2.27. The molecule has 3 heterocycles. The molecule has 0 radical (unpaired) electrons. The van der Waals surface area contributed by atoms with Crippen molar-refractivity contribution in [2.24, 2.45) is 11.8 Å². The minimum atomic E-state index is -1.17. The summed E-state index contributed by atoms with van der Waals surface area (Å²) in [5.41, 5.74) is -1.51. The van der Waals surface area contributed by atoms with Crippen molar-refractivity contribution in [3.63, 3.8) is 0 Å². The van der Waals surface area contributed by atoms with Gasteiger partial charge in [-0.15, -0.1) is 0 Å². The largest absolute Gasteiger partial charge is 0.462 e. The lowest BCUT2D eigenvalue weighted by molar-refractivity contribution is -0.131. The SMILES string of the molecule is CCOC(=O)c1cccc(N2C(=O)[C@@H]3[C@H](C2=O)[C@@]2(CO)C=C[C@@]3(C)O2)c1. The molecule has 7 nitrogen and oxygen atoms in total. The summed E-state index contributed by atoms with van der Waals surface area (Å²) < 4.78 is 10.9. The maximum atomic E-state index is 13.1. The minimum Gasteiger partial charge on any atom is -0.462 e. The number of ether oxygens (including phenoxy) is 2. The molecule has 1 N–H and O–H groups in total. The van der Waals surface area contributed by atoms with E-state index in [9.17, 15) is 19.5 Å². The summed E-state index contributed by atoms with van der Waals surface area (Å²) in [5, 5.41) is 9.82. The number of aliphatic hydroxyl groups excluding tert-OH is 1. The van der Waals surface area contributed by atoms with Crippen LogP contribution in [0.25, 0.3) is 0 Å². The Labute approximate surface area is 150 Å². The molecule has 2 fully saturated rings. The highest BCUT2D eigenvalue weighted by atomic mass is 16.5. The molecule has 136 valence electrons. The van der Waals surface area contributed by atoms with E-state index in [2.05, 4.69) is 0 Å². The van der Waals surface area contributed by atoms with Gasteiger partial charge in [-0.05, 0) is 32.0 Å². The molecule has 2 amide bonds. The lowest BCUT2D eigenvalue weighted by Crippen LogP contribution is -2.43. The molecule has 2 saturated heterocycles. The van der Waals surface area contributed by atoms with Crippen molar-refractivity contribution in [2.45, 2.75) is 25.0 Å². The van der Waals surface area contributed by atoms with Crippen LogP contribution in [0, 0.1) is 11.8 Å². The molecular weight excluding hydrogens is 338 g/mol. The van der Waals surface area contributed by atoms with Gasteiger partial charge in [-0.3, -0.25) is 9.59 Å². The number of aliphatic hydroxyl groups is 1. The number of carbonyl (C=O) groups is 3. The molecule has 3 aliphatic rings. The number of imide groups is 1. The van der Waals surface area contributed by atoms with Crippen LogP contribution >= 0.6 is 0 Å². The van der Waals surface area contributed by atoms with Gasteiger partial charge in [0.2, 0.25) is 11.8 Å². The molecule has 3 aliphatic heterocycles. The van der Waals surface area contributed by atoms with Crippen LogP contribution in [0.3, 0.4) is 0 Å². The fourth-order valence-electron chi connectivity index (χ4n) is 4.28. The van der Waals surface area contributed by atoms with Crippen LogP contribution in [0.1, 0.15) is 24.2 Å². The van der Waals surface area contributed by atoms with Crippen molar-refractivity contribution in [3.05, 3.63) is 42.0 Å². The maximum Gasteiger partial charge on any atom is 0.338 e. The fraction of sp³-hybridized carbons (Fsp3) is 0.421. The Morgan fingerprint density at radius 2 is 2.00 bits per heavy atom. The van der Waals surface area contributed by atoms with Crippen LogP contribution in [0.5, 0.6) is 0 Å². The first-order chi connectivity index (χ1) is 12.4. The average Bonchev–Trinajstić information content (AvgIpc) is 3.21. The Kier molecular flexibility index (Phi) is 3.58. The molecule has 4 rings (SSSR count). The number of carbonyl (C=O) groups excluding carboxylic acids is 3. The molecule has 26 heavy (non-hydrogen) atoms. The Morgan fingerprint density at radius 3 is 2.69 bits per heavy atom. The predicted octanol–water partition coefficient (Wildman–Crippen LogP) is 1.06. The standard InChI is InChI=1S/C19H19NO6/c1-3-25-17(24)11-5-4-6-12(9-11)20-15(22)13-14(16(20)23)19(10-21)8-7-18(13,2)26-19/h4-9,13-14,21H,3,10H2,1-2H3/t13-,14+,18+,19-/m0/s1. The summed E-state index contributed by atoms with van der Waals surface area (Å²) in [6.45, 7) is 3.30. The first-order valence-electron chi connectivity index (χ1n) is 8.53. The third-order valence-electron chi connectivity index (χ3n) is 5.42. The summed E-state index contributed by atoms with van der Waals surface area (Å²) in [7, 11) is 0. The lowest BCUT2D eigenvalue weighted by atomic mass is 9.73. The minimum absolute atomic E-state index is 0.231. The number of amides is 2. The van der Waals surface area contributed by atoms with Crippen LogP contribution in [-0.4, -0.2) is 47.3 Å². The molecule has 0 unspecified atom stereocenters. The molecule has 7 heteroatoms. The summed E-state index contributed by atoms with van der Waals surface area (Å²) in [6.07, 6.45) is 3.42. The van der Waals surface area contributed by atoms with Crippen molar-refractivity contribution in [3.8, 4) is 0 Å². The van der Waals surface area contributed by atoms with Crippen LogP contribution in [0.2, 0.25) is 0 Å². The molecule has 0 spiro atoms. The van der Waals surface area contributed by atoms with E-state index in [0.717, 1.165) is 4.90 Å². The van der Waals surface area contributed by atoms with Gasteiger partial charge < -0.3 is 14.6 Å². The van der Waals surface area contributed by atoms with Crippen molar-refractivity contribution in [1.82, 2.24) is 0 Å². The molecule has 1 aromatic rings. The van der Waals surface area contributed by atoms with Crippen LogP contribution in [-0.2, 0) is 19.1 Å². The van der Waals surface area contributed by atoms with E-state index in [0.29, 0.717) is 5.69 Å². The molecule has 0 aromatic heterocycles. The van der Waals surface area contributed by atoms with E-state index >= 15 is 0 Å². The Bertz CT molecular complexity index is 848. The van der Waals surface area contributed by atoms with Crippen molar-refractivity contribution in [1.29, 1.82) is 0 Å². The molecule has 0 saturated carbocycles. The second kappa shape index (κ2) is 5.49. The van der Waals surface area contributed by atoms with Crippen LogP contribution in [0.4, 0.5) is 5.69 Å². The predicted molar refractivity (Wildman–Crippen MR) is 90.3 cm³/mol. The highest BCUT2D eigenvalue weighted by Crippen LogP contribution is 2.57. The molecular formula is C19H19NO6. The molecule has 2 bridgehead atoms. The maximum absolute atomic E-state index is 13.1. The summed E-state index contributed by atoms with van der Waals surface area (Å²) in [6, 6.07) is 6.24. The van der Waals surface area contributed by atoms with Gasteiger partial charge in [-0.25, -0.2) is 9.69 Å². The number of esters is 1. The first-order valence-corrected chi connectivity index (χ1v) is 8.53. The van der Waals surface area contributed by atoms with Gasteiger partial charge in [0, 0.05) is 0 Å². The second-order valence-electron chi connectivity index (χ2n) is 6.97. The van der Waals surface area contributed by atoms with E-state index in [-0.39, 0.29) is 24.7 Å². The summed E-state index contributed by atoms with van der Waals surface area (Å²) in [4.78, 5) is 39.2. The van der Waals surface area contributed by atoms with E-state index < -0.39 is 34.9 Å². The molecule has 1 aromatic carbocycles. The van der Waals surface area contributed by atoms with Crippen molar-refractivity contribution < 1.29 is 29.0 Å². The third-order valence-corrected chi connectivity index (χ3v) is 5.42. The average molecular weight is 357 g/mol. The fourth-order valence-corrected chi connectivity index (χ4v) is 4.28. The number of hydrogen-bond acceptors (Lipinski definition) is 6. The Hall–Kier alpha value is -2.51. The van der Waals surface area contributed by atoms with Gasteiger partial charge >= 0.3 is 5.97 Å². The van der Waals surface area contributed by atoms with Gasteiger partial charge in [-0.2, -0.15) is 0 Å². The summed E-state index contributed by atoms with van der Waals surface area (Å²) in [5.74, 6) is -2.80. The molecule has 4 atom stereocenters. The third kappa shape index (κ3) is 2.04. The first kappa shape index (κ1) is 16.9. The number of anilines is 1. The van der Waals surface area contributed by atoms with E-state index in [4.69, 9.17) is 9.47 Å². The summed E-state index contributed by atoms with van der Waals surface area (Å²) >= 11 is 0. The zero-order valence-corrected chi connectivity index (χ0v) is 14.5. The topological polar surface area (TPSA) is 93.1 Å². The normalized spacial score (nSPS) is 34.5. The zero-order chi connectivity index (χ0) is 18.7. The molecule has 0 aliphatic carbocycles. The van der Waals surface area contributed by atoms with Crippen molar-refractivity contribution >= 4 is 23.5 Å². The smallest absolute Gasteiger partial charge is 0.338 e. The van der Waals surface area contributed by atoms with E-state index in [1.165, 1.54) is 6.07 Å². The van der Waals surface area contributed by atoms with Gasteiger partial charge in [0.1, 0.15) is 5.60 Å². The van der Waals surface area contributed by atoms with Gasteiger partial charge in [0.25, 0.3) is 0 Å². The van der Waals surface area contributed by atoms with Crippen LogP contribution in [0.15, 0.2) is 36.4 Å². The Balaban J connectivity index is 1.73. The van der Waals surface area contributed by atoms with Crippen LogP contribution < -0.4 is 4.90 Å². The van der Waals surface area contributed by atoms with Gasteiger partial charge in [0.15, 0.2) is 0 Å². The van der Waals surface area contributed by atoms with Gasteiger partial charge in [-0.1, -0.05) is 18.2 Å². The second-order valence-corrected chi connectivity index (χ2v) is 6.97. The zero-order valence-electron chi connectivity index (χ0n) is 14.5. The number of hydrogen-bond donors (Lipinski definition) is 1.